The van der Waals surface area contributed by atoms with E-state index in [1.54, 1.807) is 22.3 Å². The number of carbonyl (C=O) groups is 1. The molecule has 0 fully saturated rings. The average molecular weight is 274 g/mol. The smallest absolute Gasteiger partial charge is 0.252 e. The highest BCUT2D eigenvalue weighted by Gasteiger charge is 2.07. The molecule has 0 saturated heterocycles. The fraction of sp³-hybridized carbons (Fsp3) is 0.231. The third-order valence-corrected chi connectivity index (χ3v) is 3.21. The van der Waals surface area contributed by atoms with Crippen molar-refractivity contribution < 1.29 is 4.79 Å². The van der Waals surface area contributed by atoms with E-state index in [2.05, 4.69) is 22.3 Å². The van der Waals surface area contributed by atoms with Gasteiger partial charge in [-0.3, -0.25) is 9.48 Å². The molecule has 2 aromatic heterocycles. The molecule has 0 bridgehead atoms. The Bertz CT molecular complexity index is 592. The summed E-state index contributed by atoms with van der Waals surface area (Å²) in [4.78, 5) is 12.7. The van der Waals surface area contributed by atoms with Crippen molar-refractivity contribution in [3.63, 3.8) is 0 Å². The van der Waals surface area contributed by atoms with Crippen molar-refractivity contribution in [3.8, 4) is 11.8 Å². The molecule has 2 rings (SSSR count). The molecule has 0 aliphatic rings. The van der Waals surface area contributed by atoms with Crippen LogP contribution in [0.15, 0.2) is 29.9 Å². The zero-order chi connectivity index (χ0) is 13.5. The Kier molecular flexibility index (Phi) is 4.72. The molecular formula is C13H14N4OS. The summed E-state index contributed by atoms with van der Waals surface area (Å²) < 4.78 is 1.77. The number of carbonyl (C=O) groups excluding carboxylic acids is 1. The van der Waals surface area contributed by atoms with Crippen LogP contribution in [-0.2, 0) is 6.54 Å². The third-order valence-electron chi connectivity index (χ3n) is 2.36. The van der Waals surface area contributed by atoms with Crippen LogP contribution in [-0.4, -0.2) is 28.8 Å². The van der Waals surface area contributed by atoms with Crippen LogP contribution in [0.25, 0.3) is 0 Å². The van der Waals surface area contributed by atoms with Crippen LogP contribution in [0.5, 0.6) is 0 Å². The molecule has 0 aliphatic heterocycles. The number of hydrogen-bond donors (Lipinski definition) is 2. The van der Waals surface area contributed by atoms with Crippen molar-refractivity contribution in [2.45, 2.75) is 6.54 Å². The van der Waals surface area contributed by atoms with Crippen molar-refractivity contribution in [2.75, 3.05) is 13.1 Å². The molecule has 0 saturated carbocycles. The van der Waals surface area contributed by atoms with Gasteiger partial charge in [-0.25, -0.2) is 0 Å². The lowest BCUT2D eigenvalue weighted by Crippen LogP contribution is -2.26. The summed E-state index contributed by atoms with van der Waals surface area (Å²) in [6.45, 7) is 1.52. The topological polar surface area (TPSA) is 72.9 Å². The molecule has 0 atom stereocenters. The highest BCUT2D eigenvalue weighted by molar-refractivity contribution is 7.10. The lowest BCUT2D eigenvalue weighted by Gasteiger charge is -2.03. The maximum absolute atomic E-state index is 11.9. The van der Waals surface area contributed by atoms with Gasteiger partial charge in [-0.05, 0) is 12.1 Å². The largest absolute Gasteiger partial charge is 0.350 e. The van der Waals surface area contributed by atoms with E-state index < -0.39 is 0 Å². The molecule has 19 heavy (non-hydrogen) atoms. The summed E-state index contributed by atoms with van der Waals surface area (Å²) in [6, 6.07) is 3.62. The molecule has 5 nitrogen and oxygen atoms in total. The van der Waals surface area contributed by atoms with Crippen LogP contribution >= 0.6 is 11.3 Å². The Morgan fingerprint density at radius 2 is 2.47 bits per heavy atom. The van der Waals surface area contributed by atoms with Crippen molar-refractivity contribution in [2.24, 2.45) is 5.73 Å². The van der Waals surface area contributed by atoms with Crippen LogP contribution in [0.1, 0.15) is 15.2 Å². The molecule has 98 valence electrons. The molecule has 3 N–H and O–H groups in total. The SMILES string of the molecule is NCC#Cc1cc(C(=O)NCCn2cccn2)cs1. The number of hydrogen-bond acceptors (Lipinski definition) is 4. The summed E-state index contributed by atoms with van der Waals surface area (Å²) in [6.07, 6.45) is 3.57. The first-order valence-corrected chi connectivity index (χ1v) is 6.70. The van der Waals surface area contributed by atoms with Gasteiger partial charge in [0.2, 0.25) is 0 Å². The van der Waals surface area contributed by atoms with Crippen molar-refractivity contribution in [1.29, 1.82) is 0 Å². The standard InChI is InChI=1S/C13H14N4OS/c14-4-1-3-12-9-11(10-19-12)13(18)15-6-8-17-7-2-5-16-17/h2,5,7,9-10H,4,6,8,14H2,(H,15,18). The predicted octanol–water partition coefficient (Wildman–Crippen LogP) is 0.685. The molecule has 0 spiro atoms. The fourth-order valence-electron chi connectivity index (χ4n) is 1.48. The number of aromatic nitrogens is 2. The minimum absolute atomic E-state index is 0.0933. The molecule has 0 aliphatic carbocycles. The van der Waals surface area contributed by atoms with Gasteiger partial charge < -0.3 is 11.1 Å². The zero-order valence-corrected chi connectivity index (χ0v) is 11.1. The number of nitrogens with one attached hydrogen (secondary N) is 1. The van der Waals surface area contributed by atoms with Crippen molar-refractivity contribution in [1.82, 2.24) is 15.1 Å². The third kappa shape index (κ3) is 3.95. The highest BCUT2D eigenvalue weighted by Crippen LogP contribution is 2.13. The van der Waals surface area contributed by atoms with Gasteiger partial charge in [-0.1, -0.05) is 11.8 Å². The molecule has 2 aromatic rings. The van der Waals surface area contributed by atoms with E-state index in [9.17, 15) is 4.79 Å². The minimum Gasteiger partial charge on any atom is -0.350 e. The number of nitrogens with zero attached hydrogens (tertiary/aromatic N) is 2. The summed E-state index contributed by atoms with van der Waals surface area (Å²) >= 11 is 1.44. The van der Waals surface area contributed by atoms with Crippen molar-refractivity contribution >= 4 is 17.2 Å². The van der Waals surface area contributed by atoms with E-state index in [4.69, 9.17) is 5.73 Å². The predicted molar refractivity (Wildman–Crippen MR) is 74.8 cm³/mol. The van der Waals surface area contributed by atoms with E-state index in [1.165, 1.54) is 11.3 Å². The maximum atomic E-state index is 11.9. The maximum Gasteiger partial charge on any atom is 0.252 e. The second-order valence-electron chi connectivity index (χ2n) is 3.73. The van der Waals surface area contributed by atoms with E-state index in [1.807, 2.05) is 12.3 Å². The van der Waals surface area contributed by atoms with Gasteiger partial charge in [0.15, 0.2) is 0 Å². The quantitative estimate of drug-likeness (QED) is 0.805. The first-order valence-electron chi connectivity index (χ1n) is 5.82. The van der Waals surface area contributed by atoms with E-state index >= 15 is 0 Å². The summed E-state index contributed by atoms with van der Waals surface area (Å²) in [5.41, 5.74) is 5.93. The monoisotopic (exact) mass is 274 g/mol. The Morgan fingerprint density at radius 3 is 3.21 bits per heavy atom. The molecule has 0 unspecified atom stereocenters. The van der Waals surface area contributed by atoms with Crippen LogP contribution in [0.3, 0.4) is 0 Å². The van der Waals surface area contributed by atoms with Gasteiger partial charge in [0.1, 0.15) is 0 Å². The molecule has 0 aromatic carbocycles. The van der Waals surface area contributed by atoms with E-state index in [0.717, 1.165) is 4.88 Å². The first kappa shape index (κ1) is 13.3. The summed E-state index contributed by atoms with van der Waals surface area (Å²) in [5, 5.41) is 8.70. The van der Waals surface area contributed by atoms with Gasteiger partial charge in [0, 0.05) is 24.3 Å². The second kappa shape index (κ2) is 6.73. The average Bonchev–Trinajstić information content (AvgIpc) is 3.07. The van der Waals surface area contributed by atoms with Gasteiger partial charge in [0.05, 0.1) is 23.5 Å². The molecular weight excluding hydrogens is 260 g/mol. The number of thiophene rings is 1. The first-order chi connectivity index (χ1) is 9.29. The van der Waals surface area contributed by atoms with Gasteiger partial charge in [-0.15, -0.1) is 11.3 Å². The van der Waals surface area contributed by atoms with Crippen LogP contribution < -0.4 is 11.1 Å². The minimum atomic E-state index is -0.0933. The lowest BCUT2D eigenvalue weighted by molar-refractivity contribution is 0.0952. The van der Waals surface area contributed by atoms with Crippen molar-refractivity contribution in [3.05, 3.63) is 40.3 Å². The normalized spacial score (nSPS) is 9.74. The number of rotatable bonds is 4. The number of amides is 1. The molecule has 0 radical (unpaired) electrons. The second-order valence-corrected chi connectivity index (χ2v) is 4.64. The summed E-state index contributed by atoms with van der Waals surface area (Å²) in [7, 11) is 0. The zero-order valence-electron chi connectivity index (χ0n) is 10.3. The van der Waals surface area contributed by atoms with E-state index in [0.29, 0.717) is 25.2 Å². The Labute approximate surface area is 115 Å². The highest BCUT2D eigenvalue weighted by atomic mass is 32.1. The van der Waals surface area contributed by atoms with Crippen LogP contribution in [0, 0.1) is 11.8 Å². The van der Waals surface area contributed by atoms with Crippen LogP contribution in [0.4, 0.5) is 0 Å². The number of nitrogens with two attached hydrogens (primary N) is 1. The Morgan fingerprint density at radius 1 is 1.58 bits per heavy atom. The van der Waals surface area contributed by atoms with Gasteiger partial charge in [-0.2, -0.15) is 5.10 Å². The molecule has 6 heteroatoms. The Hall–Kier alpha value is -2.10. The fourth-order valence-corrected chi connectivity index (χ4v) is 2.23. The molecule has 1 amide bonds. The van der Waals surface area contributed by atoms with Crippen LogP contribution in [0.2, 0.25) is 0 Å². The van der Waals surface area contributed by atoms with Gasteiger partial charge in [0.25, 0.3) is 5.91 Å². The van der Waals surface area contributed by atoms with Gasteiger partial charge >= 0.3 is 0 Å². The van der Waals surface area contributed by atoms with E-state index in [-0.39, 0.29) is 5.91 Å². The Balaban J connectivity index is 1.84. The molecule has 2 heterocycles. The summed E-state index contributed by atoms with van der Waals surface area (Å²) in [5.74, 6) is 5.58. The lowest BCUT2D eigenvalue weighted by atomic mass is 10.3.